The number of nitrogens with one attached hydrogen (secondary N) is 1. The molecule has 3 heteroatoms. The molecule has 112 valence electrons. The van der Waals surface area contributed by atoms with Crippen molar-refractivity contribution in [2.75, 3.05) is 20.3 Å². The molecule has 1 aromatic carbocycles. The summed E-state index contributed by atoms with van der Waals surface area (Å²) in [4.78, 5) is 0. The Balaban J connectivity index is 2.47. The highest BCUT2D eigenvalue weighted by atomic mass is 16.5. The molecular weight excluding hydrogens is 250 g/mol. The molecule has 1 unspecified atom stereocenters. The number of methoxy groups -OCH3 is 1. The topological polar surface area (TPSA) is 30.5 Å². The zero-order valence-electron chi connectivity index (χ0n) is 13.4. The van der Waals surface area contributed by atoms with E-state index in [0.29, 0.717) is 6.04 Å². The van der Waals surface area contributed by atoms with E-state index in [1.54, 1.807) is 7.11 Å². The maximum Gasteiger partial charge on any atom is 0.128 e. The highest BCUT2D eigenvalue weighted by Crippen LogP contribution is 2.42. The van der Waals surface area contributed by atoms with Crippen LogP contribution in [0.15, 0.2) is 12.1 Å². The summed E-state index contributed by atoms with van der Waals surface area (Å²) in [5, 5.41) is 3.62. The second-order valence-corrected chi connectivity index (χ2v) is 6.49. The lowest BCUT2D eigenvalue weighted by molar-refractivity contribution is 0.245. The van der Waals surface area contributed by atoms with Gasteiger partial charge in [0.25, 0.3) is 0 Å². The van der Waals surface area contributed by atoms with Gasteiger partial charge in [0.2, 0.25) is 0 Å². The van der Waals surface area contributed by atoms with Crippen molar-refractivity contribution in [1.82, 2.24) is 5.32 Å². The van der Waals surface area contributed by atoms with Gasteiger partial charge in [0.05, 0.1) is 13.7 Å². The number of fused-ring (bicyclic) bond motifs is 1. The Bertz CT molecular complexity index is 463. The van der Waals surface area contributed by atoms with E-state index in [2.05, 4.69) is 45.1 Å². The first-order chi connectivity index (χ1) is 9.47. The van der Waals surface area contributed by atoms with Crippen LogP contribution in [0.2, 0.25) is 0 Å². The van der Waals surface area contributed by atoms with Crippen LogP contribution < -0.4 is 14.8 Å². The fraction of sp³-hybridized carbons (Fsp3) is 0.647. The highest BCUT2D eigenvalue weighted by molar-refractivity contribution is 5.52. The molecule has 1 N–H and O–H groups in total. The van der Waals surface area contributed by atoms with Crippen LogP contribution in [0.25, 0.3) is 0 Å². The van der Waals surface area contributed by atoms with Gasteiger partial charge >= 0.3 is 0 Å². The van der Waals surface area contributed by atoms with Gasteiger partial charge in [0.15, 0.2) is 0 Å². The zero-order chi connectivity index (χ0) is 14.8. The lowest BCUT2D eigenvalue weighted by Crippen LogP contribution is -2.29. The number of rotatable bonds is 4. The second kappa shape index (κ2) is 6.04. The van der Waals surface area contributed by atoms with Gasteiger partial charge in [-0.25, -0.2) is 0 Å². The predicted octanol–water partition coefficient (Wildman–Crippen LogP) is 3.82. The van der Waals surface area contributed by atoms with Gasteiger partial charge in [0, 0.05) is 23.6 Å². The molecule has 20 heavy (non-hydrogen) atoms. The minimum atomic E-state index is 0.0469. The van der Waals surface area contributed by atoms with E-state index in [4.69, 9.17) is 9.47 Å². The summed E-state index contributed by atoms with van der Waals surface area (Å²) < 4.78 is 11.5. The van der Waals surface area contributed by atoms with Gasteiger partial charge in [-0.2, -0.15) is 0 Å². The first-order valence-corrected chi connectivity index (χ1v) is 7.56. The monoisotopic (exact) mass is 277 g/mol. The summed E-state index contributed by atoms with van der Waals surface area (Å²) in [6.07, 6.45) is 2.16. The second-order valence-electron chi connectivity index (χ2n) is 6.49. The number of hydrogen-bond acceptors (Lipinski definition) is 3. The van der Waals surface area contributed by atoms with Gasteiger partial charge in [-0.1, -0.05) is 27.7 Å². The molecule has 0 saturated carbocycles. The lowest BCUT2D eigenvalue weighted by Gasteiger charge is -2.32. The van der Waals surface area contributed by atoms with Gasteiger partial charge in [-0.3, -0.25) is 0 Å². The molecular formula is C17H27NO2. The minimum absolute atomic E-state index is 0.0469. The fourth-order valence-corrected chi connectivity index (χ4v) is 2.68. The van der Waals surface area contributed by atoms with Gasteiger partial charge in [-0.15, -0.1) is 0 Å². The molecule has 0 spiro atoms. The van der Waals surface area contributed by atoms with Crippen LogP contribution >= 0.6 is 0 Å². The summed E-state index contributed by atoms with van der Waals surface area (Å²) in [5.74, 6) is 1.97. The minimum Gasteiger partial charge on any atom is -0.497 e. The van der Waals surface area contributed by atoms with Crippen molar-refractivity contribution >= 4 is 0 Å². The van der Waals surface area contributed by atoms with Gasteiger partial charge < -0.3 is 14.8 Å². The summed E-state index contributed by atoms with van der Waals surface area (Å²) in [6, 6.07) is 4.60. The van der Waals surface area contributed by atoms with Crippen molar-refractivity contribution in [3.63, 3.8) is 0 Å². The van der Waals surface area contributed by atoms with E-state index >= 15 is 0 Å². The van der Waals surface area contributed by atoms with E-state index in [0.717, 1.165) is 37.5 Å². The van der Waals surface area contributed by atoms with Crippen molar-refractivity contribution < 1.29 is 9.47 Å². The van der Waals surface area contributed by atoms with Gasteiger partial charge in [0.1, 0.15) is 11.5 Å². The molecule has 0 bridgehead atoms. The van der Waals surface area contributed by atoms with Crippen LogP contribution in [-0.2, 0) is 5.41 Å². The van der Waals surface area contributed by atoms with Crippen molar-refractivity contribution in [1.29, 1.82) is 0 Å². The molecule has 0 aromatic heterocycles. The Morgan fingerprint density at radius 2 is 2.10 bits per heavy atom. The van der Waals surface area contributed by atoms with E-state index in [-0.39, 0.29) is 5.41 Å². The molecule has 1 heterocycles. The van der Waals surface area contributed by atoms with E-state index in [9.17, 15) is 0 Å². The van der Waals surface area contributed by atoms with Crippen LogP contribution in [0.4, 0.5) is 0 Å². The molecule has 1 aliphatic heterocycles. The Morgan fingerprint density at radius 3 is 2.70 bits per heavy atom. The summed E-state index contributed by atoms with van der Waals surface area (Å²) in [7, 11) is 1.73. The van der Waals surface area contributed by atoms with Crippen molar-refractivity contribution in [3.8, 4) is 11.5 Å². The predicted molar refractivity (Wildman–Crippen MR) is 82.8 cm³/mol. The number of ether oxygens (including phenoxy) is 2. The zero-order valence-corrected chi connectivity index (χ0v) is 13.4. The van der Waals surface area contributed by atoms with Gasteiger partial charge in [-0.05, 0) is 30.5 Å². The van der Waals surface area contributed by atoms with Crippen LogP contribution in [0, 0.1) is 0 Å². The van der Waals surface area contributed by atoms with Crippen LogP contribution in [0.1, 0.15) is 57.7 Å². The smallest absolute Gasteiger partial charge is 0.128 e. The SMILES string of the molecule is CCCNC1CCOc2c1cc(OC)cc2C(C)(C)C. The molecule has 1 aromatic rings. The molecule has 1 atom stereocenters. The molecule has 1 aliphatic rings. The third-order valence-electron chi connectivity index (χ3n) is 3.80. The van der Waals surface area contributed by atoms with Crippen LogP contribution in [0.5, 0.6) is 11.5 Å². The van der Waals surface area contributed by atoms with Crippen LogP contribution in [0.3, 0.4) is 0 Å². The molecule has 0 radical (unpaired) electrons. The Labute approximate surface area is 122 Å². The quantitative estimate of drug-likeness (QED) is 0.907. The van der Waals surface area contributed by atoms with E-state index in [1.165, 1.54) is 11.1 Å². The highest BCUT2D eigenvalue weighted by Gasteiger charge is 2.29. The summed E-state index contributed by atoms with van der Waals surface area (Å²) >= 11 is 0. The Hall–Kier alpha value is -1.22. The Morgan fingerprint density at radius 1 is 1.35 bits per heavy atom. The number of hydrogen-bond donors (Lipinski definition) is 1. The van der Waals surface area contributed by atoms with Crippen LogP contribution in [-0.4, -0.2) is 20.3 Å². The molecule has 0 amide bonds. The first-order valence-electron chi connectivity index (χ1n) is 7.56. The normalized spacial score (nSPS) is 18.4. The third-order valence-corrected chi connectivity index (χ3v) is 3.80. The van der Waals surface area contributed by atoms with E-state index in [1.807, 2.05) is 0 Å². The maximum absolute atomic E-state index is 6.00. The fourth-order valence-electron chi connectivity index (χ4n) is 2.68. The third kappa shape index (κ3) is 3.09. The largest absolute Gasteiger partial charge is 0.497 e. The Kier molecular flexibility index (Phi) is 4.59. The summed E-state index contributed by atoms with van der Waals surface area (Å²) in [5.41, 5.74) is 2.52. The van der Waals surface area contributed by atoms with Crippen molar-refractivity contribution in [2.24, 2.45) is 0 Å². The number of benzene rings is 1. The standard InChI is InChI=1S/C17H27NO2/c1-6-8-18-15-7-9-20-16-13(15)10-12(19-5)11-14(16)17(2,3)4/h10-11,15,18H,6-9H2,1-5H3. The maximum atomic E-state index is 6.00. The van der Waals surface area contributed by atoms with Crippen molar-refractivity contribution in [2.45, 2.75) is 52.0 Å². The molecule has 0 saturated heterocycles. The average Bonchev–Trinajstić information content (AvgIpc) is 2.42. The van der Waals surface area contributed by atoms with E-state index < -0.39 is 0 Å². The molecule has 0 aliphatic carbocycles. The van der Waals surface area contributed by atoms with Crippen molar-refractivity contribution in [3.05, 3.63) is 23.3 Å². The molecule has 2 rings (SSSR count). The first kappa shape index (κ1) is 15.2. The molecule has 0 fully saturated rings. The molecule has 3 nitrogen and oxygen atoms in total. The average molecular weight is 277 g/mol. The summed E-state index contributed by atoms with van der Waals surface area (Å²) in [6.45, 7) is 10.7. The lowest BCUT2D eigenvalue weighted by atomic mass is 9.83.